The maximum absolute atomic E-state index is 13.9. The predicted molar refractivity (Wildman–Crippen MR) is 127 cm³/mol. The first kappa shape index (κ1) is 20.0. The standard InChI is InChI=1S/C22H12ClN3O2S3/c1-24-22-17(10-11-29-22)20-16-4-2-3-5-18(16)26(21(20)19-12-25-13-30-19)31(27,28)15-8-6-14(23)7-9-15/h2-13H. The Morgan fingerprint density at radius 3 is 2.52 bits per heavy atom. The number of rotatable bonds is 4. The molecule has 0 fully saturated rings. The summed E-state index contributed by atoms with van der Waals surface area (Å²) < 4.78 is 29.1. The Labute approximate surface area is 191 Å². The minimum atomic E-state index is -3.97. The summed E-state index contributed by atoms with van der Waals surface area (Å²) in [5.41, 5.74) is 4.13. The van der Waals surface area contributed by atoms with Crippen molar-refractivity contribution in [2.45, 2.75) is 4.90 Å². The highest BCUT2D eigenvalue weighted by Gasteiger charge is 2.30. The van der Waals surface area contributed by atoms with Gasteiger partial charge in [-0.3, -0.25) is 4.98 Å². The van der Waals surface area contributed by atoms with Crippen LogP contribution in [0.2, 0.25) is 5.02 Å². The van der Waals surface area contributed by atoms with Gasteiger partial charge in [-0.1, -0.05) is 35.9 Å². The van der Waals surface area contributed by atoms with E-state index in [-0.39, 0.29) is 4.90 Å². The van der Waals surface area contributed by atoms with Gasteiger partial charge in [0.05, 0.1) is 33.1 Å². The van der Waals surface area contributed by atoms with E-state index in [9.17, 15) is 8.42 Å². The fraction of sp³-hybridized carbons (Fsp3) is 0. The van der Waals surface area contributed by atoms with Crippen LogP contribution in [0.5, 0.6) is 0 Å². The molecule has 0 amide bonds. The van der Waals surface area contributed by atoms with Crippen molar-refractivity contribution < 1.29 is 8.42 Å². The topological polar surface area (TPSA) is 56.3 Å². The lowest BCUT2D eigenvalue weighted by Crippen LogP contribution is -2.14. The molecule has 0 N–H and O–H groups in total. The van der Waals surface area contributed by atoms with Crippen LogP contribution in [-0.2, 0) is 10.0 Å². The first-order chi connectivity index (χ1) is 15.0. The number of thiazole rings is 1. The molecule has 31 heavy (non-hydrogen) atoms. The summed E-state index contributed by atoms with van der Waals surface area (Å²) in [5.74, 6) is 0. The number of aromatic nitrogens is 2. The molecule has 152 valence electrons. The SMILES string of the molecule is [C-]#[N+]c1sccc1-c1c(-c2cncs2)n(S(=O)(=O)c2ccc(Cl)cc2)c2ccccc12. The van der Waals surface area contributed by atoms with Crippen molar-refractivity contribution in [1.82, 2.24) is 8.96 Å². The van der Waals surface area contributed by atoms with E-state index < -0.39 is 10.0 Å². The van der Waals surface area contributed by atoms with Crippen LogP contribution in [0.3, 0.4) is 0 Å². The molecule has 0 aliphatic rings. The highest BCUT2D eigenvalue weighted by atomic mass is 35.5. The maximum Gasteiger partial charge on any atom is 0.268 e. The second-order valence-corrected chi connectivity index (χ2v) is 10.6. The Balaban J connectivity index is 1.96. The molecule has 0 aliphatic carbocycles. The molecule has 0 radical (unpaired) electrons. The Morgan fingerprint density at radius 1 is 1.03 bits per heavy atom. The first-order valence-electron chi connectivity index (χ1n) is 9.01. The average molecular weight is 482 g/mol. The van der Waals surface area contributed by atoms with E-state index in [0.29, 0.717) is 37.2 Å². The van der Waals surface area contributed by atoms with Crippen molar-refractivity contribution >= 4 is 60.2 Å². The fourth-order valence-electron chi connectivity index (χ4n) is 3.58. The van der Waals surface area contributed by atoms with Crippen molar-refractivity contribution in [3.8, 4) is 21.7 Å². The predicted octanol–water partition coefficient (Wildman–Crippen LogP) is 6.93. The van der Waals surface area contributed by atoms with Gasteiger partial charge in [0, 0.05) is 27.7 Å². The molecule has 9 heteroatoms. The number of nitrogens with zero attached hydrogens (tertiary/aromatic N) is 3. The van der Waals surface area contributed by atoms with Gasteiger partial charge in [-0.15, -0.1) is 11.3 Å². The van der Waals surface area contributed by atoms with Crippen molar-refractivity contribution in [3.05, 3.63) is 88.1 Å². The van der Waals surface area contributed by atoms with Crippen molar-refractivity contribution in [1.29, 1.82) is 0 Å². The van der Waals surface area contributed by atoms with E-state index in [1.807, 2.05) is 23.6 Å². The number of para-hydroxylation sites is 1. The molecule has 0 saturated carbocycles. The summed E-state index contributed by atoms with van der Waals surface area (Å²) in [7, 11) is -3.97. The molecular weight excluding hydrogens is 470 g/mol. The summed E-state index contributed by atoms with van der Waals surface area (Å²) in [6.07, 6.45) is 1.65. The van der Waals surface area contributed by atoms with E-state index in [0.717, 1.165) is 5.39 Å². The molecule has 0 unspecified atom stereocenters. The van der Waals surface area contributed by atoms with Gasteiger partial charge in [0.25, 0.3) is 10.0 Å². The fourth-order valence-corrected chi connectivity index (χ4v) is 6.65. The first-order valence-corrected chi connectivity index (χ1v) is 12.6. The number of thiophene rings is 1. The average Bonchev–Trinajstić information content (AvgIpc) is 3.51. The molecule has 5 aromatic rings. The highest BCUT2D eigenvalue weighted by Crippen LogP contribution is 2.48. The van der Waals surface area contributed by atoms with E-state index in [2.05, 4.69) is 9.83 Å². The van der Waals surface area contributed by atoms with Gasteiger partial charge in [-0.2, -0.15) is 11.3 Å². The summed E-state index contributed by atoms with van der Waals surface area (Å²) in [6, 6.07) is 15.3. The second-order valence-electron chi connectivity index (χ2n) is 6.58. The number of hydrogen-bond donors (Lipinski definition) is 0. The van der Waals surface area contributed by atoms with Crippen LogP contribution in [-0.4, -0.2) is 17.4 Å². The van der Waals surface area contributed by atoms with Gasteiger partial charge >= 0.3 is 0 Å². The van der Waals surface area contributed by atoms with Crippen molar-refractivity contribution in [2.24, 2.45) is 0 Å². The normalized spacial score (nSPS) is 11.6. The van der Waals surface area contributed by atoms with Crippen LogP contribution in [0.15, 0.2) is 76.6 Å². The van der Waals surface area contributed by atoms with Crippen LogP contribution < -0.4 is 0 Å². The lowest BCUT2D eigenvalue weighted by molar-refractivity contribution is 0.589. The number of halogens is 1. The smallest absolute Gasteiger partial charge is 0.252 e. The Hall–Kier alpha value is -2.96. The quantitative estimate of drug-likeness (QED) is 0.261. The molecule has 0 spiro atoms. The minimum absolute atomic E-state index is 0.130. The third-order valence-electron chi connectivity index (χ3n) is 4.87. The summed E-state index contributed by atoms with van der Waals surface area (Å²) in [4.78, 5) is 8.66. The molecule has 2 aromatic carbocycles. The summed E-state index contributed by atoms with van der Waals surface area (Å²) in [5, 5.41) is 3.57. The molecule has 0 saturated heterocycles. The molecule has 3 aromatic heterocycles. The summed E-state index contributed by atoms with van der Waals surface area (Å²) >= 11 is 8.67. The minimum Gasteiger partial charge on any atom is -0.252 e. The number of benzene rings is 2. The number of hydrogen-bond acceptors (Lipinski definition) is 5. The van der Waals surface area contributed by atoms with Gasteiger partial charge in [-0.25, -0.2) is 17.2 Å². The highest BCUT2D eigenvalue weighted by molar-refractivity contribution is 7.90. The van der Waals surface area contributed by atoms with E-state index >= 15 is 0 Å². The lowest BCUT2D eigenvalue weighted by atomic mass is 10.0. The maximum atomic E-state index is 13.9. The van der Waals surface area contributed by atoms with Gasteiger partial charge in [0.15, 0.2) is 0 Å². The van der Waals surface area contributed by atoms with Crippen LogP contribution in [0.1, 0.15) is 0 Å². The number of fused-ring (bicyclic) bond motifs is 1. The Kier molecular flexibility index (Phi) is 4.91. The van der Waals surface area contributed by atoms with Gasteiger partial charge < -0.3 is 0 Å². The zero-order valence-corrected chi connectivity index (χ0v) is 18.9. The molecule has 5 nitrogen and oxygen atoms in total. The Morgan fingerprint density at radius 2 is 1.81 bits per heavy atom. The zero-order valence-electron chi connectivity index (χ0n) is 15.7. The molecule has 5 rings (SSSR count). The van der Waals surface area contributed by atoms with Gasteiger partial charge in [0.1, 0.15) is 0 Å². The molecule has 3 heterocycles. The third-order valence-corrected chi connectivity index (χ3v) is 8.43. The van der Waals surface area contributed by atoms with E-state index in [1.54, 1.807) is 36.0 Å². The largest absolute Gasteiger partial charge is 0.268 e. The lowest BCUT2D eigenvalue weighted by Gasteiger charge is -2.12. The molecular formula is C22H12ClN3O2S3. The van der Waals surface area contributed by atoms with E-state index in [4.69, 9.17) is 18.2 Å². The molecule has 0 aliphatic heterocycles. The van der Waals surface area contributed by atoms with Gasteiger partial charge in [-0.05, 0) is 35.7 Å². The second kappa shape index (κ2) is 7.62. The summed E-state index contributed by atoms with van der Waals surface area (Å²) in [6.45, 7) is 7.58. The van der Waals surface area contributed by atoms with Crippen LogP contribution in [0.4, 0.5) is 5.00 Å². The Bertz CT molecular complexity index is 1560. The molecule has 0 atom stereocenters. The van der Waals surface area contributed by atoms with Crippen molar-refractivity contribution in [2.75, 3.05) is 0 Å². The van der Waals surface area contributed by atoms with Crippen LogP contribution in [0, 0.1) is 6.57 Å². The third kappa shape index (κ3) is 3.18. The van der Waals surface area contributed by atoms with E-state index in [1.165, 1.54) is 38.8 Å². The zero-order chi connectivity index (χ0) is 21.6. The monoisotopic (exact) mass is 481 g/mol. The van der Waals surface area contributed by atoms with Crippen molar-refractivity contribution in [3.63, 3.8) is 0 Å². The van der Waals surface area contributed by atoms with Gasteiger partial charge in [0.2, 0.25) is 5.00 Å². The van der Waals surface area contributed by atoms with Crippen LogP contribution in [0.25, 0.3) is 37.4 Å². The molecule has 0 bridgehead atoms. The van der Waals surface area contributed by atoms with Crippen LogP contribution >= 0.6 is 34.3 Å².